The van der Waals surface area contributed by atoms with E-state index >= 15 is 0 Å². The molecule has 23 heavy (non-hydrogen) atoms. The Balaban J connectivity index is 1.53. The predicted octanol–water partition coefficient (Wildman–Crippen LogP) is 3.69. The molecule has 1 atom stereocenters. The van der Waals surface area contributed by atoms with E-state index in [0.29, 0.717) is 0 Å². The Kier molecular flexibility index (Phi) is 3.50. The number of carbonyl (C=O) groups is 1. The average molecular weight is 323 g/mol. The van der Waals surface area contributed by atoms with Gasteiger partial charge in [0.05, 0.1) is 10.2 Å². The molecule has 3 aromatic rings. The Morgan fingerprint density at radius 1 is 1.22 bits per heavy atom. The van der Waals surface area contributed by atoms with Crippen LogP contribution in [0.3, 0.4) is 0 Å². The van der Waals surface area contributed by atoms with E-state index in [-0.39, 0.29) is 11.9 Å². The average Bonchev–Trinajstić information content (AvgIpc) is 3.17. The molecule has 0 aliphatic carbocycles. The minimum absolute atomic E-state index is 0.0919. The van der Waals surface area contributed by atoms with Gasteiger partial charge in [-0.2, -0.15) is 0 Å². The van der Waals surface area contributed by atoms with E-state index in [2.05, 4.69) is 16.4 Å². The second-order valence-electron chi connectivity index (χ2n) is 5.72. The summed E-state index contributed by atoms with van der Waals surface area (Å²) in [7, 11) is 0. The Morgan fingerprint density at radius 2 is 2.00 bits per heavy atom. The summed E-state index contributed by atoms with van der Waals surface area (Å²) in [6.45, 7) is 2.65. The number of aromatic nitrogens is 1. The number of nitrogens with one attached hydrogen (secondary N) is 1. The normalized spacial score (nSPS) is 14.7. The molecule has 116 valence electrons. The van der Waals surface area contributed by atoms with Gasteiger partial charge in [0.25, 0.3) is 0 Å². The summed E-state index contributed by atoms with van der Waals surface area (Å²) in [5, 5.41) is 4.05. The van der Waals surface area contributed by atoms with E-state index in [0.717, 1.165) is 34.0 Å². The van der Waals surface area contributed by atoms with E-state index < -0.39 is 0 Å². The van der Waals surface area contributed by atoms with Crippen LogP contribution >= 0.6 is 11.3 Å². The van der Waals surface area contributed by atoms with Gasteiger partial charge in [-0.05, 0) is 37.1 Å². The first-order valence-electron chi connectivity index (χ1n) is 7.74. The van der Waals surface area contributed by atoms with Gasteiger partial charge in [0.15, 0.2) is 5.13 Å². The third kappa shape index (κ3) is 2.57. The Hall–Kier alpha value is -2.40. The topological polar surface area (TPSA) is 45.2 Å². The first kappa shape index (κ1) is 14.2. The van der Waals surface area contributed by atoms with Crippen molar-refractivity contribution in [1.29, 1.82) is 0 Å². The van der Waals surface area contributed by atoms with Crippen molar-refractivity contribution in [2.75, 3.05) is 16.8 Å². The fourth-order valence-corrected chi connectivity index (χ4v) is 3.93. The van der Waals surface area contributed by atoms with Gasteiger partial charge in [-0.3, -0.25) is 4.79 Å². The smallest absolute Gasteiger partial charge is 0.249 e. The third-order valence-electron chi connectivity index (χ3n) is 4.16. The zero-order valence-corrected chi connectivity index (χ0v) is 13.6. The minimum atomic E-state index is -0.304. The molecule has 5 heteroatoms. The molecule has 0 radical (unpaired) electrons. The van der Waals surface area contributed by atoms with Crippen molar-refractivity contribution in [2.45, 2.75) is 19.4 Å². The summed E-state index contributed by atoms with van der Waals surface area (Å²) in [6, 6.07) is 15.8. The van der Waals surface area contributed by atoms with Gasteiger partial charge in [0, 0.05) is 12.2 Å². The number of amides is 1. The van der Waals surface area contributed by atoms with Gasteiger partial charge < -0.3 is 10.2 Å². The highest BCUT2D eigenvalue weighted by atomic mass is 32.1. The van der Waals surface area contributed by atoms with Crippen LogP contribution in [0.5, 0.6) is 0 Å². The Bertz CT molecular complexity index is 840. The minimum Gasteiger partial charge on any atom is -0.350 e. The summed E-state index contributed by atoms with van der Waals surface area (Å²) < 4.78 is 1.13. The SMILES string of the molecule is C[C@H](Nc1nc2ccccc2s1)C(=O)N1CCc2ccccc21. The molecule has 1 aliphatic heterocycles. The zero-order chi connectivity index (χ0) is 15.8. The molecule has 0 fully saturated rings. The molecular weight excluding hydrogens is 306 g/mol. The zero-order valence-electron chi connectivity index (χ0n) is 12.8. The van der Waals surface area contributed by atoms with E-state index in [1.807, 2.05) is 54.3 Å². The molecule has 2 aromatic carbocycles. The number of nitrogens with zero attached hydrogens (tertiary/aromatic N) is 2. The summed E-state index contributed by atoms with van der Waals surface area (Å²) in [5.41, 5.74) is 3.25. The first-order chi connectivity index (χ1) is 11.2. The summed E-state index contributed by atoms with van der Waals surface area (Å²) in [5.74, 6) is 0.0919. The number of anilines is 2. The van der Waals surface area contributed by atoms with Crippen LogP contribution in [-0.2, 0) is 11.2 Å². The van der Waals surface area contributed by atoms with E-state index in [1.54, 1.807) is 11.3 Å². The highest BCUT2D eigenvalue weighted by Gasteiger charge is 2.28. The van der Waals surface area contributed by atoms with Gasteiger partial charge in [0.1, 0.15) is 6.04 Å². The fourth-order valence-electron chi connectivity index (χ4n) is 2.98. The molecule has 0 saturated heterocycles. The van der Waals surface area contributed by atoms with Gasteiger partial charge in [-0.15, -0.1) is 0 Å². The maximum atomic E-state index is 12.8. The molecule has 4 rings (SSSR count). The van der Waals surface area contributed by atoms with Crippen LogP contribution in [-0.4, -0.2) is 23.5 Å². The van der Waals surface area contributed by atoms with Gasteiger partial charge in [-0.1, -0.05) is 41.7 Å². The number of rotatable bonds is 3. The number of para-hydroxylation sites is 2. The van der Waals surface area contributed by atoms with Crippen LogP contribution in [0.15, 0.2) is 48.5 Å². The van der Waals surface area contributed by atoms with Crippen molar-refractivity contribution in [3.05, 3.63) is 54.1 Å². The van der Waals surface area contributed by atoms with E-state index in [1.165, 1.54) is 5.56 Å². The third-order valence-corrected chi connectivity index (χ3v) is 5.13. The molecule has 4 nitrogen and oxygen atoms in total. The second-order valence-corrected chi connectivity index (χ2v) is 6.75. The molecule has 2 heterocycles. The highest BCUT2D eigenvalue weighted by Crippen LogP contribution is 2.29. The molecule has 1 aromatic heterocycles. The number of carbonyl (C=O) groups excluding carboxylic acids is 1. The molecular formula is C18H17N3OS. The summed E-state index contributed by atoms with van der Waals surface area (Å²) in [6.07, 6.45) is 0.926. The van der Waals surface area contributed by atoms with E-state index in [4.69, 9.17) is 0 Å². The van der Waals surface area contributed by atoms with Crippen molar-refractivity contribution in [2.24, 2.45) is 0 Å². The number of thiazole rings is 1. The van der Waals surface area contributed by atoms with Gasteiger partial charge in [-0.25, -0.2) is 4.98 Å². The lowest BCUT2D eigenvalue weighted by atomic mass is 10.2. The monoisotopic (exact) mass is 323 g/mol. The molecule has 1 amide bonds. The Morgan fingerprint density at radius 3 is 2.87 bits per heavy atom. The van der Waals surface area contributed by atoms with E-state index in [9.17, 15) is 4.79 Å². The lowest BCUT2D eigenvalue weighted by Crippen LogP contribution is -2.40. The number of hydrogen-bond donors (Lipinski definition) is 1. The van der Waals surface area contributed by atoms with Crippen LogP contribution in [0.4, 0.5) is 10.8 Å². The molecule has 0 saturated carbocycles. The molecule has 1 aliphatic rings. The standard InChI is InChI=1S/C18H17N3OS/c1-12(19-18-20-14-7-3-5-9-16(14)23-18)17(22)21-11-10-13-6-2-4-8-15(13)21/h2-9,12H,10-11H2,1H3,(H,19,20)/t12-/m0/s1. The second kappa shape index (κ2) is 5.66. The molecule has 0 spiro atoms. The van der Waals surface area contributed by atoms with Crippen LogP contribution in [0.25, 0.3) is 10.2 Å². The maximum Gasteiger partial charge on any atom is 0.249 e. The van der Waals surface area contributed by atoms with Crippen molar-refractivity contribution >= 4 is 38.3 Å². The highest BCUT2D eigenvalue weighted by molar-refractivity contribution is 7.22. The fraction of sp³-hybridized carbons (Fsp3) is 0.222. The van der Waals surface area contributed by atoms with Crippen LogP contribution in [0.2, 0.25) is 0 Å². The maximum absolute atomic E-state index is 12.8. The van der Waals surface area contributed by atoms with Crippen molar-refractivity contribution < 1.29 is 4.79 Å². The molecule has 1 N–H and O–H groups in total. The Labute approximate surface area is 138 Å². The number of hydrogen-bond acceptors (Lipinski definition) is 4. The van der Waals surface area contributed by atoms with Crippen LogP contribution in [0.1, 0.15) is 12.5 Å². The van der Waals surface area contributed by atoms with Crippen molar-refractivity contribution in [1.82, 2.24) is 4.98 Å². The van der Waals surface area contributed by atoms with Crippen LogP contribution < -0.4 is 10.2 Å². The first-order valence-corrected chi connectivity index (χ1v) is 8.55. The summed E-state index contributed by atoms with van der Waals surface area (Å²) >= 11 is 1.58. The molecule has 0 bridgehead atoms. The lowest BCUT2D eigenvalue weighted by Gasteiger charge is -2.22. The number of fused-ring (bicyclic) bond motifs is 2. The van der Waals surface area contributed by atoms with Crippen molar-refractivity contribution in [3.63, 3.8) is 0 Å². The van der Waals surface area contributed by atoms with Crippen molar-refractivity contribution in [3.8, 4) is 0 Å². The largest absolute Gasteiger partial charge is 0.350 e. The van der Waals surface area contributed by atoms with Gasteiger partial charge >= 0.3 is 0 Å². The van der Waals surface area contributed by atoms with Gasteiger partial charge in [0.2, 0.25) is 5.91 Å². The van der Waals surface area contributed by atoms with Crippen LogP contribution in [0, 0.1) is 0 Å². The predicted molar refractivity (Wildman–Crippen MR) is 95.2 cm³/mol. The number of benzene rings is 2. The quantitative estimate of drug-likeness (QED) is 0.799. The lowest BCUT2D eigenvalue weighted by molar-refractivity contribution is -0.118. The summed E-state index contributed by atoms with van der Waals surface area (Å²) in [4.78, 5) is 19.2. The molecule has 0 unspecified atom stereocenters.